The number of amides is 1. The molecule has 0 bridgehead atoms. The highest BCUT2D eigenvalue weighted by Crippen LogP contribution is 2.16. The fraction of sp³-hybridized carbons (Fsp3) is 0.385. The van der Waals surface area contributed by atoms with Crippen molar-refractivity contribution < 1.29 is 28.2 Å². The van der Waals surface area contributed by atoms with Crippen LogP contribution >= 0.6 is 11.8 Å². The fourth-order valence-corrected chi connectivity index (χ4v) is 2.15. The lowest BCUT2D eigenvalue weighted by Crippen LogP contribution is -2.28. The predicted molar refractivity (Wildman–Crippen MR) is 74.5 cm³/mol. The molecule has 116 valence electrons. The Hall–Kier alpha value is -1.83. The van der Waals surface area contributed by atoms with Gasteiger partial charge in [-0.25, -0.2) is 0 Å². The zero-order chi connectivity index (χ0) is 15.8. The fourth-order valence-electron chi connectivity index (χ4n) is 1.47. The molecule has 0 aliphatic carbocycles. The third kappa shape index (κ3) is 6.94. The number of alkyl halides is 2. The van der Waals surface area contributed by atoms with Crippen LogP contribution < -0.4 is 4.74 Å². The first kappa shape index (κ1) is 17.2. The number of thioether (sulfide) groups is 1. The maximum absolute atomic E-state index is 12.0. The first-order chi connectivity index (χ1) is 9.88. The van der Waals surface area contributed by atoms with Crippen LogP contribution in [0.15, 0.2) is 24.3 Å². The highest BCUT2D eigenvalue weighted by Gasteiger charge is 2.11. The maximum Gasteiger partial charge on any atom is 0.387 e. The van der Waals surface area contributed by atoms with Gasteiger partial charge in [-0.1, -0.05) is 12.1 Å². The average molecular weight is 319 g/mol. The molecule has 0 atom stereocenters. The van der Waals surface area contributed by atoms with E-state index in [-0.39, 0.29) is 23.2 Å². The molecule has 8 heteroatoms. The summed E-state index contributed by atoms with van der Waals surface area (Å²) >= 11 is 1.02. The molecular weight excluding hydrogens is 304 g/mol. The zero-order valence-corrected chi connectivity index (χ0v) is 12.1. The van der Waals surface area contributed by atoms with Crippen LogP contribution in [0.4, 0.5) is 8.78 Å². The number of carboxylic acids is 1. The Kier molecular flexibility index (Phi) is 6.93. The van der Waals surface area contributed by atoms with Gasteiger partial charge in [-0.2, -0.15) is 8.78 Å². The van der Waals surface area contributed by atoms with E-state index in [2.05, 4.69) is 4.74 Å². The molecule has 0 aliphatic heterocycles. The third-order valence-corrected chi connectivity index (χ3v) is 3.35. The van der Waals surface area contributed by atoms with Crippen molar-refractivity contribution in [2.45, 2.75) is 13.2 Å². The Morgan fingerprint density at radius 3 is 2.43 bits per heavy atom. The first-order valence-electron chi connectivity index (χ1n) is 5.95. The SMILES string of the molecule is CN(Cc1ccc(OC(F)F)cc1)C(=O)CSCC(=O)O. The normalized spacial score (nSPS) is 10.5. The average Bonchev–Trinajstić information content (AvgIpc) is 2.39. The molecule has 0 radical (unpaired) electrons. The van der Waals surface area contributed by atoms with Gasteiger partial charge in [0.25, 0.3) is 0 Å². The van der Waals surface area contributed by atoms with E-state index in [1.165, 1.54) is 17.0 Å². The van der Waals surface area contributed by atoms with Gasteiger partial charge in [0, 0.05) is 13.6 Å². The molecule has 0 spiro atoms. The van der Waals surface area contributed by atoms with Crippen LogP contribution in [0.5, 0.6) is 5.75 Å². The molecule has 1 aromatic carbocycles. The summed E-state index contributed by atoms with van der Waals surface area (Å²) in [5.41, 5.74) is 0.760. The Morgan fingerprint density at radius 2 is 1.90 bits per heavy atom. The molecule has 21 heavy (non-hydrogen) atoms. The van der Waals surface area contributed by atoms with Gasteiger partial charge in [-0.15, -0.1) is 11.8 Å². The minimum atomic E-state index is -2.87. The number of carbonyl (C=O) groups excluding carboxylic acids is 1. The van der Waals surface area contributed by atoms with E-state index < -0.39 is 12.6 Å². The molecule has 1 aromatic rings. The van der Waals surface area contributed by atoms with E-state index in [0.717, 1.165) is 17.3 Å². The first-order valence-corrected chi connectivity index (χ1v) is 7.11. The molecule has 0 heterocycles. The monoisotopic (exact) mass is 319 g/mol. The lowest BCUT2D eigenvalue weighted by atomic mass is 10.2. The van der Waals surface area contributed by atoms with Crippen molar-refractivity contribution in [2.24, 2.45) is 0 Å². The van der Waals surface area contributed by atoms with E-state index in [9.17, 15) is 18.4 Å². The third-order valence-electron chi connectivity index (χ3n) is 2.45. The second-order valence-electron chi connectivity index (χ2n) is 4.16. The largest absolute Gasteiger partial charge is 0.481 e. The number of carboxylic acid groups (broad SMARTS) is 1. The van der Waals surface area contributed by atoms with Crippen LogP contribution in [0.2, 0.25) is 0 Å². The van der Waals surface area contributed by atoms with Gasteiger partial charge in [-0.05, 0) is 17.7 Å². The number of hydrogen-bond donors (Lipinski definition) is 1. The van der Waals surface area contributed by atoms with Crippen LogP contribution in [0.3, 0.4) is 0 Å². The molecule has 5 nitrogen and oxygen atoms in total. The number of benzene rings is 1. The second kappa shape index (κ2) is 8.46. The molecule has 1 rings (SSSR count). The molecule has 0 saturated heterocycles. The van der Waals surface area contributed by atoms with E-state index in [0.29, 0.717) is 6.54 Å². The topological polar surface area (TPSA) is 66.8 Å². The standard InChI is InChI=1S/C13H15F2NO4S/c1-16(11(17)7-21-8-12(18)19)6-9-2-4-10(5-3-9)20-13(14)15/h2-5,13H,6-8H2,1H3,(H,18,19). The van der Waals surface area contributed by atoms with E-state index in [1.807, 2.05) is 0 Å². The summed E-state index contributed by atoms with van der Waals surface area (Å²) < 4.78 is 28.2. The quantitative estimate of drug-likeness (QED) is 0.794. The Morgan fingerprint density at radius 1 is 1.29 bits per heavy atom. The van der Waals surface area contributed by atoms with Gasteiger partial charge in [0.05, 0.1) is 11.5 Å². The van der Waals surface area contributed by atoms with Crippen molar-refractivity contribution in [1.82, 2.24) is 4.90 Å². The van der Waals surface area contributed by atoms with Crippen molar-refractivity contribution in [2.75, 3.05) is 18.6 Å². The Labute approximate surface area is 124 Å². The highest BCUT2D eigenvalue weighted by atomic mass is 32.2. The number of ether oxygens (including phenoxy) is 1. The molecular formula is C13H15F2NO4S. The van der Waals surface area contributed by atoms with Gasteiger partial charge < -0.3 is 14.7 Å². The van der Waals surface area contributed by atoms with Crippen LogP contribution in [-0.4, -0.2) is 47.0 Å². The highest BCUT2D eigenvalue weighted by molar-refractivity contribution is 8.00. The summed E-state index contributed by atoms with van der Waals surface area (Å²) in [4.78, 5) is 23.5. The lowest BCUT2D eigenvalue weighted by molar-refractivity contribution is -0.133. The van der Waals surface area contributed by atoms with Gasteiger partial charge >= 0.3 is 12.6 Å². The molecule has 0 unspecified atom stereocenters. The molecule has 0 saturated carbocycles. The Balaban J connectivity index is 2.44. The predicted octanol–water partition coefficient (Wildman–Crippen LogP) is 2.06. The van der Waals surface area contributed by atoms with Crippen molar-refractivity contribution in [3.05, 3.63) is 29.8 Å². The summed E-state index contributed by atoms with van der Waals surface area (Å²) in [5, 5.41) is 8.48. The van der Waals surface area contributed by atoms with Gasteiger partial charge in [0.2, 0.25) is 5.91 Å². The van der Waals surface area contributed by atoms with E-state index in [1.54, 1.807) is 19.2 Å². The van der Waals surface area contributed by atoms with Crippen LogP contribution in [0, 0.1) is 0 Å². The van der Waals surface area contributed by atoms with Crippen LogP contribution in [0.25, 0.3) is 0 Å². The maximum atomic E-state index is 12.0. The molecule has 1 amide bonds. The summed E-state index contributed by atoms with van der Waals surface area (Å²) in [7, 11) is 1.59. The summed E-state index contributed by atoms with van der Waals surface area (Å²) in [6.45, 7) is -2.56. The lowest BCUT2D eigenvalue weighted by Gasteiger charge is -2.17. The molecule has 0 aliphatic rings. The minimum absolute atomic E-state index is 0.0553. The van der Waals surface area contributed by atoms with Crippen LogP contribution in [-0.2, 0) is 16.1 Å². The van der Waals surface area contributed by atoms with Gasteiger partial charge in [0.15, 0.2) is 0 Å². The summed E-state index contributed by atoms with van der Waals surface area (Å²) in [6.07, 6.45) is 0. The number of nitrogens with zero attached hydrogens (tertiary/aromatic N) is 1. The van der Waals surface area contributed by atoms with Crippen molar-refractivity contribution in [3.63, 3.8) is 0 Å². The number of hydrogen-bond acceptors (Lipinski definition) is 4. The second-order valence-corrected chi connectivity index (χ2v) is 5.14. The van der Waals surface area contributed by atoms with E-state index >= 15 is 0 Å². The van der Waals surface area contributed by atoms with Crippen molar-refractivity contribution in [1.29, 1.82) is 0 Å². The number of carbonyl (C=O) groups is 2. The zero-order valence-electron chi connectivity index (χ0n) is 11.3. The smallest absolute Gasteiger partial charge is 0.387 e. The van der Waals surface area contributed by atoms with Crippen molar-refractivity contribution >= 4 is 23.6 Å². The van der Waals surface area contributed by atoms with Gasteiger partial charge in [-0.3, -0.25) is 9.59 Å². The van der Waals surface area contributed by atoms with Gasteiger partial charge in [0.1, 0.15) is 5.75 Å². The summed E-state index contributed by atoms with van der Waals surface area (Å²) in [6, 6.07) is 5.98. The van der Waals surface area contributed by atoms with Crippen molar-refractivity contribution in [3.8, 4) is 5.75 Å². The number of rotatable bonds is 8. The molecule has 0 aromatic heterocycles. The minimum Gasteiger partial charge on any atom is -0.481 e. The summed E-state index contributed by atoms with van der Waals surface area (Å²) in [5.74, 6) is -1.16. The molecule has 0 fully saturated rings. The van der Waals surface area contributed by atoms with E-state index in [4.69, 9.17) is 5.11 Å². The molecule has 1 N–H and O–H groups in total. The van der Waals surface area contributed by atoms with Crippen LogP contribution in [0.1, 0.15) is 5.56 Å². The Bertz CT molecular complexity index is 482. The number of aliphatic carboxylic acids is 1. The number of halogens is 2.